The molecule has 0 radical (unpaired) electrons. The summed E-state index contributed by atoms with van der Waals surface area (Å²) in [6.07, 6.45) is -0.711. The minimum atomic E-state index is -0.711. The summed E-state index contributed by atoms with van der Waals surface area (Å²) in [6.45, 7) is 2.06. The van der Waals surface area contributed by atoms with Crippen LogP contribution >= 0.6 is 0 Å². The molecule has 0 spiro atoms. The summed E-state index contributed by atoms with van der Waals surface area (Å²) in [4.78, 5) is 9.60. The number of fused-ring (bicyclic) bond motifs is 4. The number of primary amides is 1. The first-order valence-electron chi connectivity index (χ1n) is 8.33. The van der Waals surface area contributed by atoms with Gasteiger partial charge in [0.25, 0.3) is 0 Å². The van der Waals surface area contributed by atoms with E-state index in [1.807, 2.05) is 0 Å². The smallest absolute Gasteiger partial charge is 0.404 e. The molecule has 0 fully saturated rings. The van der Waals surface area contributed by atoms with Gasteiger partial charge in [0.05, 0.1) is 6.61 Å². The van der Waals surface area contributed by atoms with Crippen molar-refractivity contribution < 1.29 is 9.53 Å². The molecule has 4 heteroatoms. The molecule has 25 heavy (non-hydrogen) atoms. The summed E-state index contributed by atoms with van der Waals surface area (Å²) in [5.41, 5.74) is 5.89. The lowest BCUT2D eigenvalue weighted by atomic mass is 9.87. The average molecular weight is 329 g/mol. The molecule has 0 unspecified atom stereocenters. The Kier molecular flexibility index (Phi) is 4.89. The van der Waals surface area contributed by atoms with Crippen molar-refractivity contribution in [3.8, 4) is 0 Å². The third-order valence-corrected chi connectivity index (χ3v) is 4.22. The van der Waals surface area contributed by atoms with Gasteiger partial charge in [0, 0.05) is 0 Å². The van der Waals surface area contributed by atoms with Crippen LogP contribution in [0.3, 0.4) is 0 Å². The molecule has 4 aromatic carbocycles. The number of amides is 1. The van der Waals surface area contributed by atoms with E-state index >= 15 is 0 Å². The minimum Gasteiger partial charge on any atom is -0.450 e. The van der Waals surface area contributed by atoms with E-state index in [-0.39, 0.29) is 0 Å². The van der Waals surface area contributed by atoms with E-state index in [4.69, 9.17) is 0 Å². The molecule has 4 rings (SSSR count). The molecule has 2 N–H and O–H groups in total. The summed E-state index contributed by atoms with van der Waals surface area (Å²) in [5, 5.41) is 8.00. The van der Waals surface area contributed by atoms with Gasteiger partial charge in [-0.05, 0) is 51.4 Å². The zero-order valence-corrected chi connectivity index (χ0v) is 14.5. The normalized spacial score (nSPS) is 10.4. The second-order valence-corrected chi connectivity index (χ2v) is 5.91. The van der Waals surface area contributed by atoms with Crippen LogP contribution in [0.25, 0.3) is 32.3 Å². The lowest BCUT2D eigenvalue weighted by Crippen LogP contribution is -2.11. The van der Waals surface area contributed by atoms with E-state index in [1.54, 1.807) is 6.92 Å². The van der Waals surface area contributed by atoms with Crippen molar-refractivity contribution >= 4 is 51.7 Å². The fourth-order valence-electron chi connectivity index (χ4n) is 3.13. The number of benzene rings is 4. The van der Waals surface area contributed by atoms with Crippen LogP contribution in [0.2, 0.25) is 0 Å². The molecular formula is C21H20BNO2. The lowest BCUT2D eigenvalue weighted by Gasteiger charge is -2.08. The predicted molar refractivity (Wildman–Crippen MR) is 108 cm³/mol. The number of hydrogen-bond donors (Lipinski definition) is 1. The maximum Gasteiger partial charge on any atom is 0.404 e. The maximum absolute atomic E-state index is 9.60. The number of rotatable bonds is 1. The van der Waals surface area contributed by atoms with Gasteiger partial charge in [-0.3, -0.25) is 0 Å². The molecule has 0 saturated carbocycles. The van der Waals surface area contributed by atoms with E-state index in [9.17, 15) is 4.79 Å². The standard InChI is InChI=1S/C18H13B.C3H7NO2/c19-17-7-3-6-12-8-9-15-10-13-4-1-2-5-14(13)11-16(15)18(12)17;1-2-6-3(4)5/h1-11H,19H2;2H2,1H3,(H2,4,5). The number of nitrogens with two attached hydrogens (primary N) is 1. The number of hydrogen-bond acceptors (Lipinski definition) is 2. The Morgan fingerprint density at radius 2 is 1.56 bits per heavy atom. The Bertz CT molecular complexity index is 1060. The van der Waals surface area contributed by atoms with Gasteiger partial charge in [-0.1, -0.05) is 60.1 Å². The zero-order valence-electron chi connectivity index (χ0n) is 14.5. The van der Waals surface area contributed by atoms with Gasteiger partial charge in [-0.2, -0.15) is 0 Å². The number of carbonyl (C=O) groups is 1. The highest BCUT2D eigenvalue weighted by molar-refractivity contribution is 6.41. The van der Waals surface area contributed by atoms with Crippen LogP contribution in [0.4, 0.5) is 4.79 Å². The Balaban J connectivity index is 0.000000265. The highest BCUT2D eigenvalue weighted by Crippen LogP contribution is 2.28. The van der Waals surface area contributed by atoms with Gasteiger partial charge in [0.15, 0.2) is 0 Å². The summed E-state index contributed by atoms with van der Waals surface area (Å²) in [6, 6.07) is 24.1. The van der Waals surface area contributed by atoms with Gasteiger partial charge in [-0.25, -0.2) is 4.79 Å². The molecule has 0 bridgehead atoms. The van der Waals surface area contributed by atoms with Crippen molar-refractivity contribution in [2.24, 2.45) is 5.73 Å². The van der Waals surface area contributed by atoms with Crippen molar-refractivity contribution in [3.05, 3.63) is 66.7 Å². The van der Waals surface area contributed by atoms with Crippen LogP contribution in [0.5, 0.6) is 0 Å². The third-order valence-electron chi connectivity index (χ3n) is 4.22. The second-order valence-electron chi connectivity index (χ2n) is 5.91. The quantitative estimate of drug-likeness (QED) is 0.330. The SMILES string of the molecule is Bc1cccc2ccc3cc4ccccc4cc3c12.CCOC(N)=O. The second kappa shape index (κ2) is 7.26. The fraction of sp³-hybridized carbons (Fsp3) is 0.0952. The third kappa shape index (κ3) is 3.58. The molecule has 0 aliphatic heterocycles. The van der Waals surface area contributed by atoms with Crippen LogP contribution in [-0.2, 0) is 4.74 Å². The molecule has 3 nitrogen and oxygen atoms in total. The van der Waals surface area contributed by atoms with Crippen LogP contribution in [0.15, 0.2) is 66.7 Å². The first-order chi connectivity index (χ1) is 12.1. The largest absolute Gasteiger partial charge is 0.450 e. The van der Waals surface area contributed by atoms with Gasteiger partial charge in [0.1, 0.15) is 7.85 Å². The van der Waals surface area contributed by atoms with Gasteiger partial charge in [-0.15, -0.1) is 0 Å². The van der Waals surface area contributed by atoms with Crippen molar-refractivity contribution in [3.63, 3.8) is 0 Å². The summed E-state index contributed by atoms with van der Waals surface area (Å²) >= 11 is 0. The Morgan fingerprint density at radius 1 is 0.920 bits per heavy atom. The highest BCUT2D eigenvalue weighted by atomic mass is 16.5. The molecule has 0 atom stereocenters. The molecule has 0 saturated heterocycles. The number of carbonyl (C=O) groups excluding carboxylic acids is 1. The molecular weight excluding hydrogens is 309 g/mol. The Morgan fingerprint density at radius 3 is 2.20 bits per heavy atom. The highest BCUT2D eigenvalue weighted by Gasteiger charge is 2.04. The van der Waals surface area contributed by atoms with E-state index in [2.05, 4.69) is 85.0 Å². The van der Waals surface area contributed by atoms with Gasteiger partial charge in [0.2, 0.25) is 0 Å². The van der Waals surface area contributed by atoms with Gasteiger partial charge >= 0.3 is 6.09 Å². The van der Waals surface area contributed by atoms with Crippen molar-refractivity contribution in [1.82, 2.24) is 0 Å². The molecule has 124 valence electrons. The molecule has 1 amide bonds. The van der Waals surface area contributed by atoms with Crippen molar-refractivity contribution in [2.45, 2.75) is 6.92 Å². The minimum absolute atomic E-state index is 0.356. The molecule has 0 aliphatic carbocycles. The molecule has 0 heterocycles. The average Bonchev–Trinajstić information content (AvgIpc) is 2.60. The van der Waals surface area contributed by atoms with E-state index in [0.29, 0.717) is 6.61 Å². The van der Waals surface area contributed by atoms with Crippen LogP contribution in [0.1, 0.15) is 6.92 Å². The maximum atomic E-state index is 9.60. The Labute approximate surface area is 147 Å². The van der Waals surface area contributed by atoms with E-state index < -0.39 is 6.09 Å². The van der Waals surface area contributed by atoms with Crippen molar-refractivity contribution in [1.29, 1.82) is 0 Å². The summed E-state index contributed by atoms with van der Waals surface area (Å²) < 4.78 is 4.18. The predicted octanol–water partition coefficient (Wildman–Crippen LogP) is 3.51. The van der Waals surface area contributed by atoms with Crippen LogP contribution < -0.4 is 11.2 Å². The molecule has 4 aromatic rings. The lowest BCUT2D eigenvalue weighted by molar-refractivity contribution is 0.163. The monoisotopic (exact) mass is 329 g/mol. The first-order valence-corrected chi connectivity index (χ1v) is 8.33. The van der Waals surface area contributed by atoms with Crippen LogP contribution in [-0.4, -0.2) is 20.5 Å². The van der Waals surface area contributed by atoms with Crippen molar-refractivity contribution in [2.75, 3.05) is 6.61 Å². The fourth-order valence-corrected chi connectivity index (χ4v) is 3.13. The first kappa shape index (κ1) is 16.8. The molecule has 0 aromatic heterocycles. The Hall–Kier alpha value is -3.01. The van der Waals surface area contributed by atoms with E-state index in [1.165, 1.54) is 37.8 Å². The summed E-state index contributed by atoms with van der Waals surface area (Å²) in [7, 11) is 2.19. The van der Waals surface area contributed by atoms with E-state index in [0.717, 1.165) is 0 Å². The van der Waals surface area contributed by atoms with Gasteiger partial charge < -0.3 is 10.5 Å². The molecule has 0 aliphatic rings. The zero-order chi connectivity index (χ0) is 17.8. The van der Waals surface area contributed by atoms with Crippen LogP contribution in [0, 0.1) is 0 Å². The summed E-state index contributed by atoms with van der Waals surface area (Å²) in [5.74, 6) is 0. The topological polar surface area (TPSA) is 52.3 Å². The number of ether oxygens (including phenoxy) is 1.